The number of rotatable bonds is 5. The molecule has 0 aliphatic heterocycles. The third kappa shape index (κ3) is 3.84. The van der Waals surface area contributed by atoms with Gasteiger partial charge in [0.1, 0.15) is 0 Å². The quantitative estimate of drug-likeness (QED) is 0.514. The summed E-state index contributed by atoms with van der Waals surface area (Å²) >= 11 is 7.43. The maximum atomic E-state index is 12.5. The average Bonchev–Trinajstić information content (AvgIpc) is 2.98. The highest BCUT2D eigenvalue weighted by Crippen LogP contribution is 2.29. The summed E-state index contributed by atoms with van der Waals surface area (Å²) in [6.07, 6.45) is 0. The second-order valence-electron chi connectivity index (χ2n) is 5.72. The van der Waals surface area contributed by atoms with Crippen molar-refractivity contribution in [3.8, 4) is 11.4 Å². The van der Waals surface area contributed by atoms with Crippen LogP contribution in [0.4, 0.5) is 5.69 Å². The van der Waals surface area contributed by atoms with Crippen molar-refractivity contribution < 1.29 is 4.79 Å². The highest BCUT2D eigenvalue weighted by atomic mass is 35.5. The van der Waals surface area contributed by atoms with Gasteiger partial charge in [0, 0.05) is 11.3 Å². The Balaban J connectivity index is 1.74. The predicted molar refractivity (Wildman–Crippen MR) is 106 cm³/mol. The predicted octanol–water partition coefficient (Wildman–Crippen LogP) is 3.74. The van der Waals surface area contributed by atoms with E-state index >= 15 is 0 Å². The van der Waals surface area contributed by atoms with Gasteiger partial charge in [-0.1, -0.05) is 53.7 Å². The third-order valence-electron chi connectivity index (χ3n) is 3.83. The zero-order chi connectivity index (χ0) is 18.7. The standard InChI is InChI=1S/C18H18ClN5OS/c1-11-7-3-6-10-15(11)21-17(25)12(2)26-18-23-22-16(24(18)20)13-8-4-5-9-14(13)19/h3-10,12H,20H2,1-2H3,(H,21,25). The van der Waals surface area contributed by atoms with E-state index in [1.54, 1.807) is 13.0 Å². The van der Waals surface area contributed by atoms with Crippen LogP contribution >= 0.6 is 23.4 Å². The monoisotopic (exact) mass is 387 g/mol. The van der Waals surface area contributed by atoms with Crippen LogP contribution in [0.2, 0.25) is 5.02 Å². The van der Waals surface area contributed by atoms with Crippen LogP contribution in [-0.4, -0.2) is 26.0 Å². The first-order valence-electron chi connectivity index (χ1n) is 7.96. The Morgan fingerprint density at radius 2 is 1.88 bits per heavy atom. The molecule has 2 aromatic carbocycles. The minimum Gasteiger partial charge on any atom is -0.335 e. The summed E-state index contributed by atoms with van der Waals surface area (Å²) in [5.74, 6) is 6.43. The molecule has 8 heteroatoms. The molecular formula is C18H18ClN5OS. The van der Waals surface area contributed by atoms with E-state index in [1.165, 1.54) is 16.4 Å². The van der Waals surface area contributed by atoms with Crippen LogP contribution in [-0.2, 0) is 4.79 Å². The maximum absolute atomic E-state index is 12.5. The summed E-state index contributed by atoms with van der Waals surface area (Å²) in [7, 11) is 0. The zero-order valence-electron chi connectivity index (χ0n) is 14.3. The number of thioether (sulfide) groups is 1. The lowest BCUT2D eigenvalue weighted by atomic mass is 10.2. The number of nitrogens with zero attached hydrogens (tertiary/aromatic N) is 3. The number of benzene rings is 2. The zero-order valence-corrected chi connectivity index (χ0v) is 15.9. The Morgan fingerprint density at radius 3 is 2.62 bits per heavy atom. The van der Waals surface area contributed by atoms with Crippen LogP contribution in [0.1, 0.15) is 12.5 Å². The van der Waals surface area contributed by atoms with E-state index in [9.17, 15) is 4.79 Å². The first kappa shape index (κ1) is 18.3. The number of aromatic nitrogens is 3. The maximum Gasteiger partial charge on any atom is 0.237 e. The molecule has 3 aromatic rings. The SMILES string of the molecule is Cc1ccccc1NC(=O)C(C)Sc1nnc(-c2ccccc2Cl)n1N. The smallest absolute Gasteiger partial charge is 0.237 e. The molecule has 26 heavy (non-hydrogen) atoms. The number of nitrogens with one attached hydrogen (secondary N) is 1. The molecule has 0 aliphatic rings. The van der Waals surface area contributed by atoms with E-state index in [-0.39, 0.29) is 5.91 Å². The number of amides is 1. The second kappa shape index (κ2) is 7.80. The lowest BCUT2D eigenvalue weighted by Gasteiger charge is -2.13. The van der Waals surface area contributed by atoms with Gasteiger partial charge >= 0.3 is 0 Å². The lowest BCUT2D eigenvalue weighted by molar-refractivity contribution is -0.115. The summed E-state index contributed by atoms with van der Waals surface area (Å²) in [5.41, 5.74) is 2.48. The van der Waals surface area contributed by atoms with Gasteiger partial charge in [0.15, 0.2) is 5.82 Å². The second-order valence-corrected chi connectivity index (χ2v) is 7.44. The van der Waals surface area contributed by atoms with Crippen molar-refractivity contribution in [3.05, 3.63) is 59.1 Å². The van der Waals surface area contributed by atoms with E-state index in [0.717, 1.165) is 11.3 Å². The van der Waals surface area contributed by atoms with Crippen molar-refractivity contribution in [2.75, 3.05) is 11.2 Å². The number of para-hydroxylation sites is 1. The third-order valence-corrected chi connectivity index (χ3v) is 5.22. The Morgan fingerprint density at radius 1 is 1.19 bits per heavy atom. The highest BCUT2D eigenvalue weighted by molar-refractivity contribution is 8.00. The first-order valence-corrected chi connectivity index (χ1v) is 9.21. The Labute approximate surface area is 160 Å². The summed E-state index contributed by atoms with van der Waals surface area (Å²) in [5, 5.41) is 11.7. The fourth-order valence-corrected chi connectivity index (χ4v) is 3.33. The van der Waals surface area contributed by atoms with E-state index < -0.39 is 5.25 Å². The number of carbonyl (C=O) groups excluding carboxylic acids is 1. The van der Waals surface area contributed by atoms with Gasteiger partial charge in [-0.2, -0.15) is 0 Å². The van der Waals surface area contributed by atoms with Crippen LogP contribution in [0.25, 0.3) is 11.4 Å². The topological polar surface area (TPSA) is 85.8 Å². The Bertz CT molecular complexity index is 943. The fourth-order valence-electron chi connectivity index (χ4n) is 2.34. The molecule has 1 atom stereocenters. The van der Waals surface area contributed by atoms with Gasteiger partial charge in [-0.3, -0.25) is 4.79 Å². The van der Waals surface area contributed by atoms with Crippen LogP contribution < -0.4 is 11.2 Å². The molecule has 0 saturated heterocycles. The highest BCUT2D eigenvalue weighted by Gasteiger charge is 2.21. The number of carbonyl (C=O) groups is 1. The minimum atomic E-state index is -0.403. The lowest BCUT2D eigenvalue weighted by Crippen LogP contribution is -2.24. The molecule has 3 N–H and O–H groups in total. The van der Waals surface area contributed by atoms with Crippen molar-refractivity contribution in [2.24, 2.45) is 0 Å². The molecule has 1 heterocycles. The van der Waals surface area contributed by atoms with Crippen molar-refractivity contribution in [2.45, 2.75) is 24.3 Å². The largest absolute Gasteiger partial charge is 0.335 e. The van der Waals surface area contributed by atoms with Gasteiger partial charge in [-0.05, 0) is 37.6 Å². The molecule has 134 valence electrons. The van der Waals surface area contributed by atoms with Crippen LogP contribution in [0.15, 0.2) is 53.7 Å². The van der Waals surface area contributed by atoms with E-state index in [4.69, 9.17) is 17.4 Å². The van der Waals surface area contributed by atoms with Crippen molar-refractivity contribution in [1.82, 2.24) is 14.9 Å². The number of nitrogen functional groups attached to an aromatic ring is 1. The number of hydrogen-bond donors (Lipinski definition) is 2. The Hall–Kier alpha value is -2.51. The molecule has 0 bridgehead atoms. The van der Waals surface area contributed by atoms with Gasteiger partial charge in [0.05, 0.1) is 10.3 Å². The fraction of sp³-hybridized carbons (Fsp3) is 0.167. The summed E-state index contributed by atoms with van der Waals surface area (Å²) in [6, 6.07) is 14.9. The summed E-state index contributed by atoms with van der Waals surface area (Å²) < 4.78 is 1.35. The van der Waals surface area contributed by atoms with Gasteiger partial charge in [0.25, 0.3) is 0 Å². The van der Waals surface area contributed by atoms with Gasteiger partial charge in [-0.25, -0.2) is 4.68 Å². The molecule has 0 saturated carbocycles. The van der Waals surface area contributed by atoms with E-state index in [1.807, 2.05) is 49.4 Å². The number of aryl methyl sites for hydroxylation is 1. The summed E-state index contributed by atoms with van der Waals surface area (Å²) in [6.45, 7) is 3.74. The molecule has 1 aromatic heterocycles. The van der Waals surface area contributed by atoms with Crippen molar-refractivity contribution in [1.29, 1.82) is 0 Å². The number of hydrogen-bond acceptors (Lipinski definition) is 5. The molecule has 0 aliphatic carbocycles. The molecule has 0 spiro atoms. The van der Waals surface area contributed by atoms with E-state index in [0.29, 0.717) is 21.6 Å². The minimum absolute atomic E-state index is 0.133. The van der Waals surface area contributed by atoms with Gasteiger partial charge in [0.2, 0.25) is 11.1 Å². The van der Waals surface area contributed by atoms with Gasteiger partial charge in [-0.15, -0.1) is 10.2 Å². The first-order chi connectivity index (χ1) is 12.5. The molecule has 0 fully saturated rings. The normalized spacial score (nSPS) is 12.0. The molecular weight excluding hydrogens is 370 g/mol. The van der Waals surface area contributed by atoms with E-state index in [2.05, 4.69) is 15.5 Å². The average molecular weight is 388 g/mol. The van der Waals surface area contributed by atoms with Crippen LogP contribution in [0.5, 0.6) is 0 Å². The van der Waals surface area contributed by atoms with Crippen molar-refractivity contribution in [3.63, 3.8) is 0 Å². The molecule has 1 amide bonds. The number of anilines is 1. The number of nitrogens with two attached hydrogens (primary N) is 1. The Kier molecular flexibility index (Phi) is 5.49. The molecule has 1 unspecified atom stereocenters. The van der Waals surface area contributed by atoms with Gasteiger partial charge < -0.3 is 11.2 Å². The van der Waals surface area contributed by atoms with Crippen LogP contribution in [0.3, 0.4) is 0 Å². The van der Waals surface area contributed by atoms with Crippen LogP contribution in [0, 0.1) is 6.92 Å². The summed E-state index contributed by atoms with van der Waals surface area (Å²) in [4.78, 5) is 12.5. The number of halogens is 1. The molecule has 3 rings (SSSR count). The molecule has 0 radical (unpaired) electrons. The molecule has 6 nitrogen and oxygen atoms in total. The van der Waals surface area contributed by atoms with Crippen molar-refractivity contribution >= 4 is 35.0 Å².